The number of aryl methyl sites for hydroxylation is 1. The molecule has 0 bridgehead atoms. The molecule has 5 nitrogen and oxygen atoms in total. The minimum Gasteiger partial charge on any atom is -0.381 e. The van der Waals surface area contributed by atoms with Crippen LogP contribution in [-0.2, 0) is 23.1 Å². The Kier molecular flexibility index (Phi) is 5.44. The molecule has 140 valence electrons. The van der Waals surface area contributed by atoms with Crippen molar-refractivity contribution in [1.82, 2.24) is 14.7 Å². The number of aromatic nitrogens is 2. The van der Waals surface area contributed by atoms with E-state index in [1.165, 1.54) is 43.4 Å². The van der Waals surface area contributed by atoms with Gasteiger partial charge in [0.2, 0.25) is 0 Å². The molecule has 0 radical (unpaired) electrons. The Balaban J connectivity index is 1.50. The van der Waals surface area contributed by atoms with Crippen LogP contribution in [0, 0.1) is 0 Å². The smallest absolute Gasteiger partial charge is 0.0732 e. The van der Waals surface area contributed by atoms with E-state index in [1.54, 1.807) is 0 Å². The van der Waals surface area contributed by atoms with E-state index in [0.29, 0.717) is 24.2 Å². The molecular weight excluding hydrogens is 314 g/mol. The summed E-state index contributed by atoms with van der Waals surface area (Å²) in [6.07, 6.45) is 13.1. The second kappa shape index (κ2) is 7.77. The third-order valence-corrected chi connectivity index (χ3v) is 6.52. The van der Waals surface area contributed by atoms with Gasteiger partial charge in [0.1, 0.15) is 0 Å². The van der Waals surface area contributed by atoms with E-state index in [-0.39, 0.29) is 0 Å². The molecule has 1 aromatic heterocycles. The van der Waals surface area contributed by atoms with Crippen LogP contribution in [0.3, 0.4) is 0 Å². The molecule has 2 heterocycles. The zero-order valence-electron chi connectivity index (χ0n) is 15.8. The third kappa shape index (κ3) is 3.79. The van der Waals surface area contributed by atoms with Crippen molar-refractivity contribution in [3.63, 3.8) is 0 Å². The van der Waals surface area contributed by atoms with E-state index < -0.39 is 0 Å². The van der Waals surface area contributed by atoms with Crippen molar-refractivity contribution in [2.75, 3.05) is 20.3 Å². The van der Waals surface area contributed by atoms with Gasteiger partial charge < -0.3 is 9.47 Å². The number of fused-ring (bicyclic) bond motifs is 1. The second-order valence-corrected chi connectivity index (χ2v) is 8.17. The average Bonchev–Trinajstić information content (AvgIpc) is 3.02. The van der Waals surface area contributed by atoms with E-state index in [9.17, 15) is 0 Å². The van der Waals surface area contributed by atoms with Gasteiger partial charge in [-0.3, -0.25) is 9.58 Å². The Bertz CT molecular complexity index is 567. The lowest BCUT2D eigenvalue weighted by molar-refractivity contribution is -0.116. The molecule has 0 spiro atoms. The highest BCUT2D eigenvalue weighted by Crippen LogP contribution is 2.35. The van der Waals surface area contributed by atoms with Crippen LogP contribution < -0.4 is 0 Å². The molecule has 0 amide bonds. The predicted octanol–water partition coefficient (Wildman–Crippen LogP) is 3.24. The number of ether oxygens (including phenoxy) is 2. The predicted molar refractivity (Wildman–Crippen MR) is 97.6 cm³/mol. The fourth-order valence-electron chi connectivity index (χ4n) is 5.17. The highest BCUT2D eigenvalue weighted by Gasteiger charge is 2.38. The Morgan fingerprint density at radius 1 is 1.20 bits per heavy atom. The van der Waals surface area contributed by atoms with Crippen LogP contribution >= 0.6 is 0 Å². The minimum atomic E-state index is 0.384. The molecular formula is C20H33N3O2. The van der Waals surface area contributed by atoms with Crippen LogP contribution in [0.2, 0.25) is 0 Å². The number of morpholine rings is 1. The molecule has 3 atom stereocenters. The summed E-state index contributed by atoms with van der Waals surface area (Å²) in [4.78, 5) is 2.64. The molecule has 3 fully saturated rings. The van der Waals surface area contributed by atoms with Crippen molar-refractivity contribution in [2.24, 2.45) is 7.05 Å². The fraction of sp³-hybridized carbons (Fsp3) is 0.850. The maximum atomic E-state index is 6.08. The topological polar surface area (TPSA) is 39.5 Å². The molecule has 0 unspecified atom stereocenters. The Morgan fingerprint density at radius 2 is 2.04 bits per heavy atom. The first-order valence-corrected chi connectivity index (χ1v) is 10.2. The third-order valence-electron chi connectivity index (χ3n) is 6.52. The summed E-state index contributed by atoms with van der Waals surface area (Å²) in [7, 11) is 3.92. The molecule has 1 aliphatic heterocycles. The van der Waals surface area contributed by atoms with Crippen LogP contribution in [-0.4, -0.2) is 53.2 Å². The zero-order valence-corrected chi connectivity index (χ0v) is 15.8. The van der Waals surface area contributed by atoms with E-state index in [1.807, 2.05) is 11.8 Å². The van der Waals surface area contributed by atoms with Gasteiger partial charge >= 0.3 is 0 Å². The van der Waals surface area contributed by atoms with Gasteiger partial charge in [-0.05, 0) is 32.1 Å². The Hall–Kier alpha value is -0.910. The minimum absolute atomic E-state index is 0.384. The van der Waals surface area contributed by atoms with Gasteiger partial charge in [-0.15, -0.1) is 0 Å². The molecule has 0 aromatic carbocycles. The van der Waals surface area contributed by atoms with Gasteiger partial charge in [-0.2, -0.15) is 5.10 Å². The standard InChI is InChI=1S/C20H33N3O2/c1-22-13-16(20(21-22)15-6-4-3-5-7-15)14-23-10-11-25-19-9-8-17(24-2)12-18(19)23/h13,15,17-19H,3-12,14H2,1-2H3/t17-,18-,19-/m1/s1. The fourth-order valence-corrected chi connectivity index (χ4v) is 5.17. The largest absolute Gasteiger partial charge is 0.381 e. The van der Waals surface area contributed by atoms with Crippen LogP contribution in [0.15, 0.2) is 6.20 Å². The summed E-state index contributed by atoms with van der Waals surface area (Å²) in [5.74, 6) is 0.667. The van der Waals surface area contributed by atoms with Gasteiger partial charge in [-0.1, -0.05) is 19.3 Å². The number of rotatable bonds is 4. The number of nitrogens with zero attached hydrogens (tertiary/aromatic N) is 3. The number of methoxy groups -OCH3 is 1. The molecule has 1 aromatic rings. The highest BCUT2D eigenvalue weighted by molar-refractivity contribution is 5.22. The first-order chi connectivity index (χ1) is 12.2. The lowest BCUT2D eigenvalue weighted by Crippen LogP contribution is -2.54. The van der Waals surface area contributed by atoms with E-state index in [0.717, 1.165) is 39.0 Å². The number of hydrogen-bond donors (Lipinski definition) is 0. The molecule has 2 aliphatic carbocycles. The Morgan fingerprint density at radius 3 is 2.84 bits per heavy atom. The van der Waals surface area contributed by atoms with Crippen LogP contribution in [0.5, 0.6) is 0 Å². The SMILES string of the molecule is CO[C@@H]1CC[C@H]2OCCN(Cc3cn(C)nc3C3CCCCC3)[C@@H]2C1. The van der Waals surface area contributed by atoms with E-state index >= 15 is 0 Å². The van der Waals surface area contributed by atoms with Crippen molar-refractivity contribution >= 4 is 0 Å². The van der Waals surface area contributed by atoms with Crippen LogP contribution in [0.25, 0.3) is 0 Å². The maximum absolute atomic E-state index is 6.08. The summed E-state index contributed by atoms with van der Waals surface area (Å²) < 4.78 is 13.8. The van der Waals surface area contributed by atoms with Crippen LogP contribution in [0.1, 0.15) is 68.5 Å². The quantitative estimate of drug-likeness (QED) is 0.838. The van der Waals surface area contributed by atoms with Crippen molar-refractivity contribution < 1.29 is 9.47 Å². The summed E-state index contributed by atoms with van der Waals surface area (Å²) >= 11 is 0. The second-order valence-electron chi connectivity index (χ2n) is 8.17. The first-order valence-electron chi connectivity index (χ1n) is 10.2. The van der Waals surface area contributed by atoms with Gasteiger partial charge in [0.25, 0.3) is 0 Å². The van der Waals surface area contributed by atoms with Crippen molar-refractivity contribution in [1.29, 1.82) is 0 Å². The molecule has 2 saturated carbocycles. The molecule has 0 N–H and O–H groups in total. The lowest BCUT2D eigenvalue weighted by Gasteiger charge is -2.45. The van der Waals surface area contributed by atoms with Gasteiger partial charge in [0.15, 0.2) is 0 Å². The zero-order chi connectivity index (χ0) is 17.2. The summed E-state index contributed by atoms with van der Waals surface area (Å²) in [5.41, 5.74) is 2.80. The van der Waals surface area contributed by atoms with Crippen molar-refractivity contribution in [3.8, 4) is 0 Å². The van der Waals surface area contributed by atoms with Gasteiger partial charge in [0.05, 0.1) is 24.5 Å². The maximum Gasteiger partial charge on any atom is 0.0732 e. The summed E-state index contributed by atoms with van der Waals surface area (Å²) in [5, 5.41) is 4.87. The van der Waals surface area contributed by atoms with Gasteiger partial charge in [0, 0.05) is 51.0 Å². The summed E-state index contributed by atoms with van der Waals surface area (Å²) in [6.45, 7) is 2.90. The molecule has 3 aliphatic rings. The van der Waals surface area contributed by atoms with Crippen LogP contribution in [0.4, 0.5) is 0 Å². The van der Waals surface area contributed by atoms with E-state index in [2.05, 4.69) is 18.1 Å². The van der Waals surface area contributed by atoms with Crippen molar-refractivity contribution in [2.45, 2.75) is 82.1 Å². The monoisotopic (exact) mass is 347 g/mol. The Labute approximate surface area is 151 Å². The lowest BCUT2D eigenvalue weighted by atomic mass is 9.85. The normalized spacial score (nSPS) is 31.8. The molecule has 25 heavy (non-hydrogen) atoms. The number of hydrogen-bond acceptors (Lipinski definition) is 4. The molecule has 1 saturated heterocycles. The molecule has 5 heteroatoms. The average molecular weight is 348 g/mol. The van der Waals surface area contributed by atoms with Gasteiger partial charge in [-0.25, -0.2) is 0 Å². The van der Waals surface area contributed by atoms with Crippen molar-refractivity contribution in [3.05, 3.63) is 17.5 Å². The first kappa shape index (κ1) is 17.5. The highest BCUT2D eigenvalue weighted by atomic mass is 16.5. The molecule has 4 rings (SSSR count). The summed E-state index contributed by atoms with van der Waals surface area (Å²) in [6, 6.07) is 0.492. The van der Waals surface area contributed by atoms with E-state index in [4.69, 9.17) is 14.6 Å².